The Morgan fingerprint density at radius 1 is 0.403 bits per heavy atom. The lowest BCUT2D eigenvalue weighted by Gasteiger charge is -2.26. The zero-order chi connectivity index (χ0) is 56.2. The van der Waals surface area contributed by atoms with E-state index in [1.54, 1.807) is 0 Å². The van der Waals surface area contributed by atoms with Crippen LogP contribution in [0.25, 0.3) is 0 Å². The maximum Gasteiger partial charge on any atom is 0.306 e. The molecular formula is C68H113NO8. The number of nitrogens with zero attached hydrogens (tertiary/aromatic N) is 1. The average Bonchev–Trinajstić information content (AvgIpc) is 3.40. The van der Waals surface area contributed by atoms with Crippen LogP contribution in [0.15, 0.2) is 122 Å². The number of esters is 2. The van der Waals surface area contributed by atoms with Gasteiger partial charge >= 0.3 is 11.9 Å². The Hall–Kier alpha value is -4.31. The van der Waals surface area contributed by atoms with E-state index >= 15 is 0 Å². The fourth-order valence-corrected chi connectivity index (χ4v) is 7.99. The van der Waals surface area contributed by atoms with Crippen LogP contribution in [0, 0.1) is 0 Å². The molecule has 2 unspecified atom stereocenters. The molecule has 2 atom stereocenters. The molecule has 0 bridgehead atoms. The molecule has 0 saturated heterocycles. The van der Waals surface area contributed by atoms with Crippen LogP contribution < -0.4 is 5.11 Å². The van der Waals surface area contributed by atoms with Gasteiger partial charge in [-0.3, -0.25) is 9.59 Å². The van der Waals surface area contributed by atoms with Crippen molar-refractivity contribution >= 4 is 17.9 Å². The average molecular weight is 1070 g/mol. The highest BCUT2D eigenvalue weighted by Gasteiger charge is 2.22. The highest BCUT2D eigenvalue weighted by Crippen LogP contribution is 2.15. The van der Waals surface area contributed by atoms with Gasteiger partial charge in [-0.1, -0.05) is 232 Å². The van der Waals surface area contributed by atoms with Gasteiger partial charge in [0.2, 0.25) is 0 Å². The number of aliphatic carboxylic acids is 1. The first-order chi connectivity index (χ1) is 37.6. The van der Waals surface area contributed by atoms with Crippen molar-refractivity contribution < 1.29 is 42.9 Å². The number of carbonyl (C=O) groups excluding carboxylic acids is 3. The summed E-state index contributed by atoms with van der Waals surface area (Å²) < 4.78 is 22.7. The number of carboxylic acids is 1. The first-order valence-electron chi connectivity index (χ1n) is 30.7. The van der Waals surface area contributed by atoms with Gasteiger partial charge < -0.3 is 33.3 Å². The molecule has 0 amide bonds. The molecule has 9 nitrogen and oxygen atoms in total. The summed E-state index contributed by atoms with van der Waals surface area (Å²) >= 11 is 0. The maximum absolute atomic E-state index is 12.9. The summed E-state index contributed by atoms with van der Waals surface area (Å²) in [5.41, 5.74) is 0. The van der Waals surface area contributed by atoms with Gasteiger partial charge in [0.1, 0.15) is 13.2 Å². The highest BCUT2D eigenvalue weighted by atomic mass is 16.7. The van der Waals surface area contributed by atoms with E-state index in [2.05, 4.69) is 135 Å². The van der Waals surface area contributed by atoms with Gasteiger partial charge in [-0.05, 0) is 109 Å². The first-order valence-corrected chi connectivity index (χ1v) is 30.7. The molecule has 438 valence electrons. The maximum atomic E-state index is 12.9. The molecular weight excluding hydrogens is 959 g/mol. The molecule has 0 saturated carbocycles. The molecule has 0 N–H and O–H groups in total. The quantitative estimate of drug-likeness (QED) is 0.0195. The van der Waals surface area contributed by atoms with E-state index in [1.807, 2.05) is 21.1 Å². The monoisotopic (exact) mass is 1070 g/mol. The van der Waals surface area contributed by atoms with E-state index < -0.39 is 24.3 Å². The van der Waals surface area contributed by atoms with Crippen LogP contribution in [0.4, 0.5) is 0 Å². The molecule has 0 radical (unpaired) electrons. The van der Waals surface area contributed by atoms with Crippen LogP contribution in [-0.2, 0) is 33.3 Å². The summed E-state index contributed by atoms with van der Waals surface area (Å²) in [6.45, 7) is 4.60. The van der Waals surface area contributed by atoms with Gasteiger partial charge in [0, 0.05) is 12.8 Å². The fourth-order valence-electron chi connectivity index (χ4n) is 7.99. The largest absolute Gasteiger partial charge is 0.545 e. The summed E-state index contributed by atoms with van der Waals surface area (Å²) in [5, 5.41) is 11.8. The summed E-state index contributed by atoms with van der Waals surface area (Å²) in [5.74, 6) is -2.31. The Kier molecular flexibility index (Phi) is 54.6. The predicted octanol–water partition coefficient (Wildman–Crippen LogP) is 17.1. The van der Waals surface area contributed by atoms with Gasteiger partial charge in [-0.15, -0.1) is 0 Å². The van der Waals surface area contributed by atoms with Crippen LogP contribution >= 0.6 is 0 Å². The minimum atomic E-state index is -1.63. The minimum Gasteiger partial charge on any atom is -0.545 e. The van der Waals surface area contributed by atoms with E-state index in [1.165, 1.54) is 77.0 Å². The minimum absolute atomic E-state index is 0.140. The SMILES string of the molecule is CC/C=C\C/C=C\C/C=C\C/C=C\C/C=C\C/C=C\C/C=C\C/C=C\C/C=C\CCCCCCCCCCCC(=O)OC(COC(=O)CCCCCCC/C=C\CCCCCCCC)COC(OCC[N+](C)(C)C)C(=O)[O-]. The second kappa shape index (κ2) is 57.9. The van der Waals surface area contributed by atoms with Crippen LogP contribution in [0.2, 0.25) is 0 Å². The van der Waals surface area contributed by atoms with Gasteiger partial charge in [-0.2, -0.15) is 0 Å². The number of carboxylic acid groups (broad SMARTS) is 1. The second-order valence-electron chi connectivity index (χ2n) is 21.3. The zero-order valence-corrected chi connectivity index (χ0v) is 49.8. The van der Waals surface area contributed by atoms with Crippen LogP contribution in [-0.4, -0.2) is 82.3 Å². The molecule has 77 heavy (non-hydrogen) atoms. The van der Waals surface area contributed by atoms with Crippen LogP contribution in [0.1, 0.15) is 232 Å². The molecule has 0 aromatic carbocycles. The van der Waals surface area contributed by atoms with Crippen molar-refractivity contribution in [2.24, 2.45) is 0 Å². The lowest BCUT2D eigenvalue weighted by atomic mass is 10.1. The molecule has 0 rings (SSSR count). The van der Waals surface area contributed by atoms with Crippen molar-refractivity contribution in [2.45, 2.75) is 245 Å². The Morgan fingerprint density at radius 2 is 0.740 bits per heavy atom. The van der Waals surface area contributed by atoms with Crippen LogP contribution in [0.3, 0.4) is 0 Å². The number of allylic oxidation sites excluding steroid dienone is 20. The van der Waals surface area contributed by atoms with Crippen molar-refractivity contribution in [3.05, 3.63) is 122 Å². The van der Waals surface area contributed by atoms with E-state index in [4.69, 9.17) is 18.9 Å². The van der Waals surface area contributed by atoms with Crippen molar-refractivity contribution in [1.82, 2.24) is 0 Å². The summed E-state index contributed by atoms with van der Waals surface area (Å²) in [4.78, 5) is 37.3. The van der Waals surface area contributed by atoms with Crippen LogP contribution in [0.5, 0.6) is 0 Å². The van der Waals surface area contributed by atoms with E-state index in [0.717, 1.165) is 122 Å². The number of quaternary nitrogens is 1. The molecule has 0 aliphatic rings. The third kappa shape index (κ3) is 59.2. The second-order valence-corrected chi connectivity index (χ2v) is 21.3. The number of rotatable bonds is 55. The third-order valence-electron chi connectivity index (χ3n) is 12.7. The number of hydrogen-bond donors (Lipinski definition) is 0. The Bertz CT molecular complexity index is 1670. The smallest absolute Gasteiger partial charge is 0.306 e. The number of hydrogen-bond acceptors (Lipinski definition) is 8. The van der Waals surface area contributed by atoms with Crippen molar-refractivity contribution in [2.75, 3.05) is 47.5 Å². The number of ether oxygens (including phenoxy) is 4. The van der Waals surface area contributed by atoms with Gasteiger partial charge in [0.25, 0.3) is 0 Å². The Morgan fingerprint density at radius 3 is 1.12 bits per heavy atom. The molecule has 0 aliphatic carbocycles. The lowest BCUT2D eigenvalue weighted by Crippen LogP contribution is -2.44. The summed E-state index contributed by atoms with van der Waals surface area (Å²) in [7, 11) is 5.91. The van der Waals surface area contributed by atoms with Crippen molar-refractivity contribution in [3.63, 3.8) is 0 Å². The predicted molar refractivity (Wildman–Crippen MR) is 324 cm³/mol. The van der Waals surface area contributed by atoms with Gasteiger partial charge in [0.15, 0.2) is 12.4 Å². The molecule has 0 heterocycles. The number of carbonyl (C=O) groups is 3. The van der Waals surface area contributed by atoms with E-state index in [0.29, 0.717) is 17.4 Å². The van der Waals surface area contributed by atoms with E-state index in [-0.39, 0.29) is 38.6 Å². The third-order valence-corrected chi connectivity index (χ3v) is 12.7. The molecule has 0 aromatic heterocycles. The number of unbranched alkanes of at least 4 members (excludes halogenated alkanes) is 20. The Balaban J connectivity index is 4.19. The van der Waals surface area contributed by atoms with Crippen molar-refractivity contribution in [3.8, 4) is 0 Å². The first kappa shape index (κ1) is 72.7. The fraction of sp³-hybridized carbons (Fsp3) is 0.662. The number of likely N-dealkylation sites (N-methyl/N-ethyl adjacent to an activating group) is 1. The molecule has 0 fully saturated rings. The van der Waals surface area contributed by atoms with Gasteiger partial charge in [-0.25, -0.2) is 0 Å². The summed E-state index contributed by atoms with van der Waals surface area (Å²) in [6, 6.07) is 0. The van der Waals surface area contributed by atoms with Gasteiger partial charge in [0.05, 0.1) is 40.3 Å². The summed E-state index contributed by atoms with van der Waals surface area (Å²) in [6.07, 6.45) is 78.3. The standard InChI is InChI=1S/C68H113NO8/c1-6-8-10-12-14-16-18-20-22-23-24-25-26-27-28-29-30-31-32-33-34-35-36-37-38-39-40-41-42-43-45-47-49-51-53-55-57-59-66(71)77-64(63-76-68(67(72)73)74-61-60-69(3,4)5)62-75-65(70)58-56-54-52-50-48-46-44-21-19-17-15-13-11-9-7-2/h8,10,14,16,20-22,24-25,27-28,30-31,33-34,36-37,39-40,44,64,68H,6-7,9,11-13,15,17-19,23,26,29,32,35,38,41-43,45-63H2,1-5H3/b10-8-,16-14-,22-20-,25-24-,28-27-,31-30-,34-33-,37-36-,40-39-,44-21-. The van der Waals surface area contributed by atoms with E-state index in [9.17, 15) is 19.5 Å². The zero-order valence-electron chi connectivity index (χ0n) is 49.8. The Labute approximate surface area is 472 Å². The highest BCUT2D eigenvalue weighted by molar-refractivity contribution is 5.70. The molecule has 0 aliphatic heterocycles. The topological polar surface area (TPSA) is 111 Å². The molecule has 0 spiro atoms. The molecule has 9 heteroatoms. The molecule has 0 aromatic rings. The lowest BCUT2D eigenvalue weighted by molar-refractivity contribution is -0.870. The normalized spacial score (nSPS) is 13.6. The van der Waals surface area contributed by atoms with Crippen molar-refractivity contribution in [1.29, 1.82) is 0 Å².